The van der Waals surface area contributed by atoms with E-state index in [1.807, 2.05) is 11.8 Å². The number of methoxy groups -OCH3 is 1. The predicted octanol–water partition coefficient (Wildman–Crippen LogP) is 2.25. The largest absolute Gasteiger partial charge is 0.495 e. The van der Waals surface area contributed by atoms with Gasteiger partial charge in [-0.2, -0.15) is 5.10 Å². The van der Waals surface area contributed by atoms with E-state index < -0.39 is 5.82 Å². The number of piperazine rings is 1. The zero-order valence-corrected chi connectivity index (χ0v) is 18.4. The molecule has 0 saturated carbocycles. The van der Waals surface area contributed by atoms with Crippen LogP contribution in [0.1, 0.15) is 12.6 Å². The summed E-state index contributed by atoms with van der Waals surface area (Å²) in [6.07, 6.45) is 1.60. The fourth-order valence-corrected chi connectivity index (χ4v) is 4.23. The molecular formula is C21H23ClFN7O2. The second kappa shape index (κ2) is 8.62. The van der Waals surface area contributed by atoms with Crippen LogP contribution in [0.25, 0.3) is 11.0 Å². The monoisotopic (exact) mass is 459 g/mol. The minimum Gasteiger partial charge on any atom is -0.495 e. The van der Waals surface area contributed by atoms with Gasteiger partial charge in [0, 0.05) is 37.9 Å². The molecule has 3 N–H and O–H groups in total. The van der Waals surface area contributed by atoms with Crippen LogP contribution in [-0.4, -0.2) is 64.2 Å². The number of pyridine rings is 1. The molecule has 32 heavy (non-hydrogen) atoms. The molecule has 3 heterocycles. The van der Waals surface area contributed by atoms with Gasteiger partial charge < -0.3 is 20.3 Å². The number of ether oxygens (including phenoxy) is 1. The van der Waals surface area contributed by atoms with E-state index >= 15 is 0 Å². The Morgan fingerprint density at radius 3 is 2.88 bits per heavy atom. The molecule has 0 aliphatic carbocycles. The third-order valence-corrected chi connectivity index (χ3v) is 5.85. The molecular weight excluding hydrogens is 437 g/mol. The number of nitrogens with two attached hydrogens (primary N) is 1. The number of hydrogen-bond acceptors (Lipinski definition) is 6. The van der Waals surface area contributed by atoms with Crippen molar-refractivity contribution in [3.05, 3.63) is 47.0 Å². The first-order valence-electron chi connectivity index (χ1n) is 10.0. The van der Waals surface area contributed by atoms with Crippen LogP contribution in [0.3, 0.4) is 0 Å². The molecule has 1 amide bonds. The lowest BCUT2D eigenvalue weighted by atomic mass is 10.1. The number of fused-ring (bicyclic) bond motifs is 1. The number of nitrogens with zero attached hydrogens (tertiary/aromatic N) is 5. The van der Waals surface area contributed by atoms with Crippen LogP contribution in [0.4, 0.5) is 10.1 Å². The number of amidine groups is 1. The Morgan fingerprint density at radius 1 is 1.41 bits per heavy atom. The first kappa shape index (κ1) is 21.8. The average Bonchev–Trinajstić information content (AvgIpc) is 3.12. The van der Waals surface area contributed by atoms with Gasteiger partial charge in [-0.15, -0.1) is 0 Å². The number of amides is 1. The summed E-state index contributed by atoms with van der Waals surface area (Å²) in [4.78, 5) is 21.0. The van der Waals surface area contributed by atoms with Crippen LogP contribution in [0, 0.1) is 11.2 Å². The van der Waals surface area contributed by atoms with Gasteiger partial charge in [0.2, 0.25) is 5.91 Å². The van der Waals surface area contributed by atoms with Crippen molar-refractivity contribution in [3.63, 3.8) is 0 Å². The molecule has 0 radical (unpaired) electrons. The van der Waals surface area contributed by atoms with Crippen molar-refractivity contribution in [1.82, 2.24) is 19.7 Å². The van der Waals surface area contributed by atoms with Crippen molar-refractivity contribution in [2.75, 3.05) is 31.6 Å². The summed E-state index contributed by atoms with van der Waals surface area (Å²) in [6, 6.07) is 6.14. The molecule has 9 nitrogen and oxygen atoms in total. The normalized spacial score (nSPS) is 16.4. The molecule has 1 aromatic carbocycles. The lowest BCUT2D eigenvalue weighted by Gasteiger charge is -2.41. The molecule has 1 saturated heterocycles. The van der Waals surface area contributed by atoms with Crippen LogP contribution in [0.5, 0.6) is 5.75 Å². The van der Waals surface area contributed by atoms with E-state index in [-0.39, 0.29) is 29.4 Å². The van der Waals surface area contributed by atoms with Gasteiger partial charge in [-0.25, -0.2) is 14.1 Å². The predicted molar refractivity (Wildman–Crippen MR) is 120 cm³/mol. The van der Waals surface area contributed by atoms with Gasteiger partial charge in [0.25, 0.3) is 0 Å². The Balaban J connectivity index is 1.51. The number of nitrogen functional groups attached to an aromatic ring is 1. The molecule has 4 rings (SSSR count). The highest BCUT2D eigenvalue weighted by molar-refractivity contribution is 6.32. The maximum Gasteiger partial charge on any atom is 0.244 e. The van der Waals surface area contributed by atoms with Crippen LogP contribution in [0.2, 0.25) is 5.02 Å². The van der Waals surface area contributed by atoms with Crippen molar-refractivity contribution in [1.29, 1.82) is 5.41 Å². The Hall–Kier alpha value is -3.40. The van der Waals surface area contributed by atoms with Crippen molar-refractivity contribution >= 4 is 40.1 Å². The summed E-state index contributed by atoms with van der Waals surface area (Å²) in [5.74, 6) is -0.366. The van der Waals surface area contributed by atoms with Crippen LogP contribution < -0.4 is 15.4 Å². The number of rotatable bonds is 5. The van der Waals surface area contributed by atoms with E-state index in [0.29, 0.717) is 47.8 Å². The maximum atomic E-state index is 14.5. The minimum atomic E-state index is -0.436. The van der Waals surface area contributed by atoms with Crippen molar-refractivity contribution in [2.45, 2.75) is 19.5 Å². The first-order chi connectivity index (χ1) is 15.3. The number of carbonyl (C=O) groups is 1. The Morgan fingerprint density at radius 2 is 2.19 bits per heavy atom. The molecule has 0 bridgehead atoms. The van der Waals surface area contributed by atoms with Crippen molar-refractivity contribution in [2.24, 2.45) is 5.73 Å². The fraction of sp³-hybridized carbons (Fsp3) is 0.333. The maximum absolute atomic E-state index is 14.5. The van der Waals surface area contributed by atoms with E-state index in [4.69, 9.17) is 27.5 Å². The highest BCUT2D eigenvalue weighted by atomic mass is 35.5. The summed E-state index contributed by atoms with van der Waals surface area (Å²) in [5, 5.41) is 12.9. The SMILES string of the molecule is COc1cc(N2CCN(C(=O)Cn3nc(C(=N)N)c4cccnc43)C(C)C2)c(F)cc1Cl. The number of aromatic nitrogens is 3. The van der Waals surface area contributed by atoms with Gasteiger partial charge in [-0.1, -0.05) is 11.6 Å². The zero-order chi connectivity index (χ0) is 23.0. The molecule has 168 valence electrons. The lowest BCUT2D eigenvalue weighted by molar-refractivity contribution is -0.134. The van der Waals surface area contributed by atoms with E-state index in [1.54, 1.807) is 29.3 Å². The summed E-state index contributed by atoms with van der Waals surface area (Å²) < 4.78 is 21.2. The molecule has 11 heteroatoms. The van der Waals surface area contributed by atoms with Crippen LogP contribution >= 0.6 is 11.6 Å². The first-order valence-corrected chi connectivity index (χ1v) is 10.4. The van der Waals surface area contributed by atoms with Gasteiger partial charge in [-0.05, 0) is 25.1 Å². The van der Waals surface area contributed by atoms with Gasteiger partial charge >= 0.3 is 0 Å². The van der Waals surface area contributed by atoms with Crippen molar-refractivity contribution < 1.29 is 13.9 Å². The molecule has 1 fully saturated rings. The van der Waals surface area contributed by atoms with Crippen molar-refractivity contribution in [3.8, 4) is 5.75 Å². The van der Waals surface area contributed by atoms with Crippen LogP contribution in [-0.2, 0) is 11.3 Å². The van der Waals surface area contributed by atoms with E-state index in [0.717, 1.165) is 0 Å². The Labute approximate surface area is 189 Å². The summed E-state index contributed by atoms with van der Waals surface area (Å²) >= 11 is 6.00. The quantitative estimate of drug-likeness (QED) is 0.447. The average molecular weight is 460 g/mol. The topological polar surface area (TPSA) is 113 Å². The second-order valence-electron chi connectivity index (χ2n) is 7.61. The lowest BCUT2D eigenvalue weighted by Crippen LogP contribution is -2.55. The van der Waals surface area contributed by atoms with Gasteiger partial charge in [0.1, 0.15) is 29.6 Å². The molecule has 2 aromatic heterocycles. The molecule has 1 aliphatic rings. The van der Waals surface area contributed by atoms with Gasteiger partial charge in [0.15, 0.2) is 5.65 Å². The second-order valence-corrected chi connectivity index (χ2v) is 8.02. The Kier molecular flexibility index (Phi) is 5.88. The highest BCUT2D eigenvalue weighted by Crippen LogP contribution is 2.33. The number of anilines is 1. The highest BCUT2D eigenvalue weighted by Gasteiger charge is 2.30. The van der Waals surface area contributed by atoms with E-state index in [9.17, 15) is 9.18 Å². The third-order valence-electron chi connectivity index (χ3n) is 5.56. The number of halogens is 2. The zero-order valence-electron chi connectivity index (χ0n) is 17.7. The molecule has 3 aromatic rings. The van der Waals surface area contributed by atoms with Gasteiger partial charge in [0.05, 0.1) is 23.2 Å². The van der Waals surface area contributed by atoms with E-state index in [1.165, 1.54) is 17.9 Å². The molecule has 1 atom stereocenters. The Bertz CT molecular complexity index is 1200. The number of carbonyl (C=O) groups excluding carboxylic acids is 1. The smallest absolute Gasteiger partial charge is 0.244 e. The fourth-order valence-electron chi connectivity index (χ4n) is 4.00. The summed E-state index contributed by atoms with van der Waals surface area (Å²) in [5.41, 5.74) is 6.81. The molecule has 1 unspecified atom stereocenters. The number of hydrogen-bond donors (Lipinski definition) is 2. The molecule has 0 spiro atoms. The molecule has 1 aliphatic heterocycles. The number of nitrogens with one attached hydrogen (secondary N) is 1. The van der Waals surface area contributed by atoms with Gasteiger partial charge in [-0.3, -0.25) is 10.2 Å². The summed E-state index contributed by atoms with van der Waals surface area (Å²) in [7, 11) is 1.48. The van der Waals surface area contributed by atoms with E-state index in [2.05, 4.69) is 10.1 Å². The third kappa shape index (κ3) is 3.93. The summed E-state index contributed by atoms with van der Waals surface area (Å²) in [6.45, 7) is 3.19. The number of benzene rings is 1. The standard InChI is InChI=1S/C21H23ClFN7O2/c1-12-10-28(16-9-17(32-2)14(22)8-15(16)23)6-7-29(12)18(31)11-30-21-13(4-3-5-26-21)19(27-30)20(24)25/h3-5,8-9,12H,6-7,10-11H2,1-2H3,(H3,24,25). The van der Waals surface area contributed by atoms with Crippen LogP contribution in [0.15, 0.2) is 30.5 Å². The minimum absolute atomic E-state index is 0.0335.